The van der Waals surface area contributed by atoms with Gasteiger partial charge in [0.25, 0.3) is 5.91 Å². The second-order valence-corrected chi connectivity index (χ2v) is 10.6. The summed E-state index contributed by atoms with van der Waals surface area (Å²) in [6.45, 7) is 5.23. The van der Waals surface area contributed by atoms with Crippen molar-refractivity contribution < 1.29 is 27.5 Å². The average molecular weight is 466 g/mol. The van der Waals surface area contributed by atoms with E-state index in [0.717, 1.165) is 19.4 Å². The fraction of sp³-hybridized carbons (Fsp3) is 0.636. The van der Waals surface area contributed by atoms with Gasteiger partial charge in [-0.1, -0.05) is 6.92 Å². The first-order valence-electron chi connectivity index (χ1n) is 11.3. The van der Waals surface area contributed by atoms with Crippen molar-refractivity contribution >= 4 is 27.5 Å². The van der Waals surface area contributed by atoms with Crippen molar-refractivity contribution in [3.8, 4) is 5.75 Å². The van der Waals surface area contributed by atoms with Crippen LogP contribution in [0.2, 0.25) is 0 Å². The Morgan fingerprint density at radius 1 is 1.28 bits per heavy atom. The van der Waals surface area contributed by atoms with Crippen molar-refractivity contribution in [2.45, 2.75) is 63.1 Å². The van der Waals surface area contributed by atoms with Crippen molar-refractivity contribution in [3.63, 3.8) is 0 Å². The van der Waals surface area contributed by atoms with Gasteiger partial charge in [0.2, 0.25) is 15.9 Å². The molecule has 0 aliphatic carbocycles. The van der Waals surface area contributed by atoms with Gasteiger partial charge >= 0.3 is 0 Å². The number of hydrogen-bond acceptors (Lipinski definition) is 6. The molecule has 3 aliphatic heterocycles. The van der Waals surface area contributed by atoms with Gasteiger partial charge in [0.15, 0.2) is 6.10 Å². The number of nitrogens with one attached hydrogen (secondary N) is 2. The van der Waals surface area contributed by atoms with Crippen molar-refractivity contribution in [1.82, 2.24) is 9.62 Å². The molecule has 0 saturated carbocycles. The number of carbonyl (C=O) groups is 2. The Morgan fingerprint density at radius 2 is 2.09 bits per heavy atom. The second-order valence-electron chi connectivity index (χ2n) is 8.70. The maximum Gasteiger partial charge on any atom is 0.265 e. The van der Waals surface area contributed by atoms with E-state index in [0.29, 0.717) is 49.4 Å². The summed E-state index contributed by atoms with van der Waals surface area (Å²) in [5.74, 6) is -0.399. The summed E-state index contributed by atoms with van der Waals surface area (Å²) in [5, 5.41) is 5.71. The molecule has 4 rings (SSSR count). The monoisotopic (exact) mass is 465 g/mol. The molecule has 2 saturated heterocycles. The number of nitrogens with zero attached hydrogens (tertiary/aromatic N) is 1. The molecule has 3 atom stereocenters. The molecule has 0 bridgehead atoms. The highest BCUT2D eigenvalue weighted by Gasteiger charge is 2.36. The third kappa shape index (κ3) is 4.62. The van der Waals surface area contributed by atoms with Crippen LogP contribution >= 0.6 is 0 Å². The molecule has 3 aliphatic rings. The van der Waals surface area contributed by atoms with E-state index < -0.39 is 22.0 Å². The van der Waals surface area contributed by atoms with Crippen molar-refractivity contribution in [1.29, 1.82) is 0 Å². The number of aryl methyl sites for hydroxylation is 1. The summed E-state index contributed by atoms with van der Waals surface area (Å²) in [5.41, 5.74) is 0.994. The van der Waals surface area contributed by atoms with Crippen LogP contribution in [0, 0.1) is 12.8 Å². The van der Waals surface area contributed by atoms with Crippen molar-refractivity contribution in [3.05, 3.63) is 17.7 Å². The molecule has 32 heavy (non-hydrogen) atoms. The zero-order valence-electron chi connectivity index (χ0n) is 18.6. The van der Waals surface area contributed by atoms with Gasteiger partial charge in [-0.05, 0) is 50.7 Å². The van der Waals surface area contributed by atoms with Crippen molar-refractivity contribution in [2.75, 3.05) is 31.6 Å². The Morgan fingerprint density at radius 3 is 2.81 bits per heavy atom. The number of amides is 2. The van der Waals surface area contributed by atoms with Crippen LogP contribution in [-0.4, -0.2) is 63.0 Å². The largest absolute Gasteiger partial charge is 0.478 e. The van der Waals surface area contributed by atoms with Crippen LogP contribution in [0.25, 0.3) is 0 Å². The second kappa shape index (κ2) is 9.36. The van der Waals surface area contributed by atoms with Crippen molar-refractivity contribution in [2.24, 2.45) is 5.92 Å². The molecule has 2 N–H and O–H groups in total. The number of fused-ring (bicyclic) bond motifs is 1. The van der Waals surface area contributed by atoms with Gasteiger partial charge in [0, 0.05) is 32.3 Å². The molecule has 0 unspecified atom stereocenters. The summed E-state index contributed by atoms with van der Waals surface area (Å²) < 4.78 is 39.6. The van der Waals surface area contributed by atoms with Crippen LogP contribution < -0.4 is 15.4 Å². The Balaban J connectivity index is 1.49. The molecule has 1 aromatic carbocycles. The number of sulfonamides is 1. The molecule has 2 fully saturated rings. The molecular formula is C22H31N3O6S. The average Bonchev–Trinajstić information content (AvgIpc) is 3.30. The Hall–Kier alpha value is -2.17. The summed E-state index contributed by atoms with van der Waals surface area (Å²) in [7, 11) is -3.83. The number of hydrogen-bond donors (Lipinski definition) is 2. The number of rotatable bonds is 6. The fourth-order valence-electron chi connectivity index (χ4n) is 4.51. The first kappa shape index (κ1) is 23.0. The van der Waals surface area contributed by atoms with E-state index in [-0.39, 0.29) is 29.4 Å². The lowest BCUT2D eigenvalue weighted by Crippen LogP contribution is -2.46. The van der Waals surface area contributed by atoms with Crippen LogP contribution in [0.5, 0.6) is 5.75 Å². The lowest BCUT2D eigenvalue weighted by Gasteiger charge is -2.32. The zero-order chi connectivity index (χ0) is 22.9. The maximum atomic E-state index is 13.5. The topological polar surface area (TPSA) is 114 Å². The van der Waals surface area contributed by atoms with Gasteiger partial charge < -0.3 is 20.1 Å². The number of piperidine rings is 1. The highest BCUT2D eigenvalue weighted by Crippen LogP contribution is 2.36. The zero-order valence-corrected chi connectivity index (χ0v) is 19.4. The molecule has 176 valence electrons. The number of anilines is 1. The predicted molar refractivity (Wildman–Crippen MR) is 118 cm³/mol. The summed E-state index contributed by atoms with van der Waals surface area (Å²) in [6.07, 6.45) is 3.09. The standard InChI is InChI=1S/C22H31N3O6S/c1-3-18-22(27)24-17-10-14(2)20(11-19(17)31-18)32(28,29)25-8-4-6-15(13-25)21(26)23-12-16-7-5-9-30-16/h10-11,15-16,18H,3-9,12-13H2,1-2H3,(H,23,26)(H,24,27)/t15-,16-,18-/m0/s1. The maximum absolute atomic E-state index is 13.5. The highest BCUT2D eigenvalue weighted by atomic mass is 32.2. The molecule has 0 radical (unpaired) electrons. The van der Waals surface area contributed by atoms with Crippen LogP contribution in [0.3, 0.4) is 0 Å². The van der Waals surface area contributed by atoms with Gasteiger partial charge in [-0.2, -0.15) is 4.31 Å². The van der Waals surface area contributed by atoms with E-state index in [9.17, 15) is 18.0 Å². The fourth-order valence-corrected chi connectivity index (χ4v) is 6.25. The Bertz CT molecular complexity index is 990. The molecular weight excluding hydrogens is 434 g/mol. The molecule has 3 heterocycles. The minimum atomic E-state index is -3.83. The van der Waals surface area contributed by atoms with Crippen LogP contribution in [0.4, 0.5) is 5.69 Å². The lowest BCUT2D eigenvalue weighted by atomic mass is 9.99. The van der Waals surface area contributed by atoms with Gasteiger partial charge in [0.1, 0.15) is 5.75 Å². The smallest absolute Gasteiger partial charge is 0.265 e. The third-order valence-electron chi connectivity index (χ3n) is 6.37. The summed E-state index contributed by atoms with van der Waals surface area (Å²) >= 11 is 0. The first-order chi connectivity index (χ1) is 15.3. The van der Waals surface area contributed by atoms with Crippen LogP contribution in [0.1, 0.15) is 44.6 Å². The lowest BCUT2D eigenvalue weighted by molar-refractivity contribution is -0.126. The molecule has 9 nitrogen and oxygen atoms in total. The van der Waals surface area contributed by atoms with E-state index in [1.807, 2.05) is 6.92 Å². The Kier molecular flexibility index (Phi) is 6.73. The van der Waals surface area contributed by atoms with Gasteiger partial charge in [0.05, 0.1) is 22.6 Å². The molecule has 2 amide bonds. The minimum absolute atomic E-state index is 0.0490. The first-order valence-corrected chi connectivity index (χ1v) is 12.7. The van der Waals surface area contributed by atoms with Crippen LogP contribution in [-0.2, 0) is 24.3 Å². The highest BCUT2D eigenvalue weighted by molar-refractivity contribution is 7.89. The van der Waals surface area contributed by atoms with Crippen LogP contribution in [0.15, 0.2) is 17.0 Å². The van der Waals surface area contributed by atoms with E-state index in [1.165, 1.54) is 10.4 Å². The summed E-state index contributed by atoms with van der Waals surface area (Å²) in [6, 6.07) is 3.12. The molecule has 10 heteroatoms. The predicted octanol–water partition coefficient (Wildman–Crippen LogP) is 1.80. The molecule has 1 aromatic rings. The normalized spacial score (nSPS) is 26.2. The number of carbonyl (C=O) groups excluding carboxylic acids is 2. The van der Waals surface area contributed by atoms with E-state index in [2.05, 4.69) is 10.6 Å². The quantitative estimate of drug-likeness (QED) is 0.662. The SMILES string of the molecule is CC[C@@H]1Oc2cc(S(=O)(=O)N3CCC[C@H](C(=O)NC[C@@H]4CCCO4)C3)c(C)cc2NC1=O. The number of ether oxygens (including phenoxy) is 2. The van der Waals surface area contributed by atoms with Gasteiger partial charge in [-0.3, -0.25) is 9.59 Å². The third-order valence-corrected chi connectivity index (χ3v) is 8.38. The van der Waals surface area contributed by atoms with E-state index >= 15 is 0 Å². The number of benzene rings is 1. The molecule has 0 spiro atoms. The van der Waals surface area contributed by atoms with Gasteiger partial charge in [-0.15, -0.1) is 0 Å². The van der Waals surface area contributed by atoms with E-state index in [4.69, 9.17) is 9.47 Å². The molecule has 0 aromatic heterocycles. The Labute approximate surface area is 188 Å². The van der Waals surface area contributed by atoms with E-state index in [1.54, 1.807) is 13.0 Å². The minimum Gasteiger partial charge on any atom is -0.478 e. The van der Waals surface area contributed by atoms with Gasteiger partial charge in [-0.25, -0.2) is 8.42 Å². The summed E-state index contributed by atoms with van der Waals surface area (Å²) in [4.78, 5) is 24.9.